The van der Waals surface area contributed by atoms with Gasteiger partial charge in [0.1, 0.15) is 0 Å². The molecule has 5 heteroatoms. The van der Waals surface area contributed by atoms with Crippen molar-refractivity contribution < 1.29 is 9.53 Å². The molecule has 0 aliphatic rings. The molecule has 1 heterocycles. The summed E-state index contributed by atoms with van der Waals surface area (Å²) in [6.07, 6.45) is 3.18. The van der Waals surface area contributed by atoms with Crippen LogP contribution in [0.15, 0.2) is 12.3 Å². The van der Waals surface area contributed by atoms with Gasteiger partial charge in [-0.2, -0.15) is 5.10 Å². The fourth-order valence-corrected chi connectivity index (χ4v) is 1.36. The number of ether oxygens (including phenoxy) is 1. The molecule has 0 saturated carbocycles. The molecule has 0 spiro atoms. The summed E-state index contributed by atoms with van der Waals surface area (Å²) in [7, 11) is 1.89. The van der Waals surface area contributed by atoms with Gasteiger partial charge in [-0.1, -0.05) is 0 Å². The van der Waals surface area contributed by atoms with E-state index in [0.29, 0.717) is 13.0 Å². The Morgan fingerprint density at radius 3 is 3.06 bits per heavy atom. The van der Waals surface area contributed by atoms with Gasteiger partial charge in [0.2, 0.25) is 0 Å². The van der Waals surface area contributed by atoms with Gasteiger partial charge in [0.15, 0.2) is 0 Å². The number of carbonyl (C=O) groups is 1. The largest absolute Gasteiger partial charge is 0.466 e. The predicted molar refractivity (Wildman–Crippen MR) is 60.8 cm³/mol. The van der Waals surface area contributed by atoms with Crippen molar-refractivity contribution in [2.24, 2.45) is 7.05 Å². The van der Waals surface area contributed by atoms with Crippen molar-refractivity contribution in [3.8, 4) is 0 Å². The summed E-state index contributed by atoms with van der Waals surface area (Å²) >= 11 is 0. The topological polar surface area (TPSA) is 56.1 Å². The smallest absolute Gasteiger partial charge is 0.305 e. The molecule has 0 amide bonds. The number of hydrogen-bond acceptors (Lipinski definition) is 4. The van der Waals surface area contributed by atoms with Crippen molar-refractivity contribution in [1.82, 2.24) is 15.1 Å². The third-order valence-electron chi connectivity index (χ3n) is 2.11. The van der Waals surface area contributed by atoms with E-state index in [1.54, 1.807) is 4.68 Å². The summed E-state index contributed by atoms with van der Waals surface area (Å²) in [6.45, 7) is 3.82. The van der Waals surface area contributed by atoms with Gasteiger partial charge in [0.25, 0.3) is 0 Å². The molecule has 0 radical (unpaired) electrons. The Bertz CT molecular complexity index is 323. The highest BCUT2D eigenvalue weighted by atomic mass is 16.5. The second-order valence-electron chi connectivity index (χ2n) is 3.57. The van der Waals surface area contributed by atoms with Crippen LogP contribution in [0.25, 0.3) is 0 Å². The number of aryl methyl sites for hydroxylation is 1. The maximum Gasteiger partial charge on any atom is 0.305 e. The minimum absolute atomic E-state index is 0.123. The summed E-state index contributed by atoms with van der Waals surface area (Å²) in [5, 5.41) is 7.46. The van der Waals surface area contributed by atoms with Crippen molar-refractivity contribution in [2.45, 2.75) is 26.3 Å². The van der Waals surface area contributed by atoms with Gasteiger partial charge in [-0.3, -0.25) is 9.48 Å². The second kappa shape index (κ2) is 7.00. The first-order valence-corrected chi connectivity index (χ1v) is 5.57. The second-order valence-corrected chi connectivity index (χ2v) is 3.57. The predicted octanol–water partition coefficient (Wildman–Crippen LogP) is 0.853. The van der Waals surface area contributed by atoms with Crippen LogP contribution in [0.4, 0.5) is 0 Å². The lowest BCUT2D eigenvalue weighted by Gasteiger charge is -2.03. The van der Waals surface area contributed by atoms with Gasteiger partial charge in [-0.25, -0.2) is 0 Å². The summed E-state index contributed by atoms with van der Waals surface area (Å²) in [5.41, 5.74) is 1.01. The summed E-state index contributed by atoms with van der Waals surface area (Å²) in [6, 6.07) is 1.97. The van der Waals surface area contributed by atoms with Crippen molar-refractivity contribution in [3.63, 3.8) is 0 Å². The minimum Gasteiger partial charge on any atom is -0.466 e. The molecule has 1 rings (SSSR count). The van der Waals surface area contributed by atoms with Crippen LogP contribution < -0.4 is 5.32 Å². The van der Waals surface area contributed by atoms with E-state index in [4.69, 9.17) is 4.74 Å². The standard InChI is InChI=1S/C11H19N3O2/c1-3-16-11(15)5-4-7-12-9-10-6-8-14(2)13-10/h6,8,12H,3-5,7,9H2,1-2H3. The number of carbonyl (C=O) groups excluding carboxylic acids is 1. The molecule has 0 fully saturated rings. The van der Waals surface area contributed by atoms with Gasteiger partial charge >= 0.3 is 5.97 Å². The van der Waals surface area contributed by atoms with E-state index < -0.39 is 0 Å². The van der Waals surface area contributed by atoms with Crippen LogP contribution in [-0.4, -0.2) is 28.9 Å². The van der Waals surface area contributed by atoms with Gasteiger partial charge < -0.3 is 10.1 Å². The first kappa shape index (κ1) is 12.7. The molecule has 5 nitrogen and oxygen atoms in total. The number of rotatable bonds is 7. The van der Waals surface area contributed by atoms with Crippen molar-refractivity contribution in [2.75, 3.05) is 13.2 Å². The average molecular weight is 225 g/mol. The fourth-order valence-electron chi connectivity index (χ4n) is 1.36. The van der Waals surface area contributed by atoms with Crippen molar-refractivity contribution >= 4 is 5.97 Å². The number of nitrogens with one attached hydrogen (secondary N) is 1. The van der Waals surface area contributed by atoms with Gasteiger partial charge in [-0.05, 0) is 26.0 Å². The normalized spacial score (nSPS) is 10.4. The van der Waals surface area contributed by atoms with Crippen LogP contribution >= 0.6 is 0 Å². The lowest BCUT2D eigenvalue weighted by Crippen LogP contribution is -2.16. The molecular weight excluding hydrogens is 206 g/mol. The van der Waals surface area contributed by atoms with E-state index in [0.717, 1.165) is 25.2 Å². The highest BCUT2D eigenvalue weighted by Gasteiger charge is 2.01. The molecule has 0 bridgehead atoms. The molecule has 0 aliphatic carbocycles. The maximum atomic E-state index is 11.0. The Hall–Kier alpha value is -1.36. The fraction of sp³-hybridized carbons (Fsp3) is 0.636. The summed E-state index contributed by atoms with van der Waals surface area (Å²) in [5.74, 6) is -0.123. The van der Waals surface area contributed by atoms with Crippen molar-refractivity contribution in [1.29, 1.82) is 0 Å². The first-order chi connectivity index (χ1) is 7.72. The monoisotopic (exact) mass is 225 g/mol. The van der Waals surface area contributed by atoms with E-state index in [1.165, 1.54) is 0 Å². The highest BCUT2D eigenvalue weighted by Crippen LogP contribution is 1.95. The van der Waals surface area contributed by atoms with E-state index in [9.17, 15) is 4.79 Å². The number of nitrogens with zero attached hydrogens (tertiary/aromatic N) is 2. The van der Waals surface area contributed by atoms with Gasteiger partial charge in [0, 0.05) is 26.2 Å². The van der Waals surface area contributed by atoms with E-state index >= 15 is 0 Å². The minimum atomic E-state index is -0.123. The lowest BCUT2D eigenvalue weighted by atomic mass is 10.3. The third kappa shape index (κ3) is 4.93. The molecular formula is C11H19N3O2. The Labute approximate surface area is 95.8 Å². The van der Waals surface area contributed by atoms with Gasteiger partial charge in [0.05, 0.1) is 12.3 Å². The Balaban J connectivity index is 2.02. The molecule has 1 aromatic heterocycles. The molecule has 0 unspecified atom stereocenters. The van der Waals surface area contributed by atoms with E-state index in [-0.39, 0.29) is 5.97 Å². The Morgan fingerprint density at radius 2 is 2.44 bits per heavy atom. The Morgan fingerprint density at radius 1 is 1.62 bits per heavy atom. The maximum absolute atomic E-state index is 11.0. The van der Waals surface area contributed by atoms with Crippen LogP contribution in [0, 0.1) is 0 Å². The SMILES string of the molecule is CCOC(=O)CCCNCc1ccn(C)n1. The Kier molecular flexibility index (Phi) is 5.56. The zero-order valence-corrected chi connectivity index (χ0v) is 9.90. The molecule has 0 aliphatic heterocycles. The molecule has 1 N–H and O–H groups in total. The zero-order valence-electron chi connectivity index (χ0n) is 9.90. The third-order valence-corrected chi connectivity index (χ3v) is 2.11. The molecule has 16 heavy (non-hydrogen) atoms. The molecule has 0 saturated heterocycles. The van der Waals surface area contributed by atoms with Crippen LogP contribution in [0.2, 0.25) is 0 Å². The molecule has 0 aromatic carbocycles. The quantitative estimate of drug-likeness (QED) is 0.552. The first-order valence-electron chi connectivity index (χ1n) is 5.57. The summed E-state index contributed by atoms with van der Waals surface area (Å²) in [4.78, 5) is 11.0. The molecule has 0 atom stereocenters. The van der Waals surface area contributed by atoms with Crippen molar-refractivity contribution in [3.05, 3.63) is 18.0 Å². The molecule has 90 valence electrons. The molecule has 1 aromatic rings. The highest BCUT2D eigenvalue weighted by molar-refractivity contribution is 5.69. The zero-order chi connectivity index (χ0) is 11.8. The van der Waals surface area contributed by atoms with Crippen LogP contribution in [-0.2, 0) is 23.1 Å². The van der Waals surface area contributed by atoms with E-state index in [1.807, 2.05) is 26.2 Å². The van der Waals surface area contributed by atoms with Crippen LogP contribution in [0.5, 0.6) is 0 Å². The summed E-state index contributed by atoms with van der Waals surface area (Å²) < 4.78 is 6.60. The number of hydrogen-bond donors (Lipinski definition) is 1. The number of esters is 1. The van der Waals surface area contributed by atoms with Crippen LogP contribution in [0.3, 0.4) is 0 Å². The average Bonchev–Trinajstić information content (AvgIpc) is 2.64. The van der Waals surface area contributed by atoms with E-state index in [2.05, 4.69) is 10.4 Å². The van der Waals surface area contributed by atoms with Gasteiger partial charge in [-0.15, -0.1) is 0 Å². The van der Waals surface area contributed by atoms with Crippen LogP contribution in [0.1, 0.15) is 25.5 Å². The lowest BCUT2D eigenvalue weighted by molar-refractivity contribution is -0.143. The number of aromatic nitrogens is 2.